The van der Waals surface area contributed by atoms with E-state index in [0.29, 0.717) is 19.6 Å². The molecule has 1 aromatic rings. The maximum atomic E-state index is 11.2. The number of rotatable bonds is 9. The third kappa shape index (κ3) is 5.88. The minimum Gasteiger partial charge on any atom is -0.480 e. The number of carbonyl (C=O) groups is 2. The SMILES string of the molecule is C[C@H](NCCN(Cc1ccccn1)[C@@H](C)C(=O)O)C(=O)O. The largest absolute Gasteiger partial charge is 0.480 e. The van der Waals surface area contributed by atoms with Crippen LogP contribution in [0.1, 0.15) is 19.5 Å². The van der Waals surface area contributed by atoms with Crippen LogP contribution < -0.4 is 5.32 Å². The second kappa shape index (κ2) is 8.33. The van der Waals surface area contributed by atoms with Crippen molar-refractivity contribution in [2.75, 3.05) is 13.1 Å². The molecule has 0 radical (unpaired) electrons. The molecule has 21 heavy (non-hydrogen) atoms. The van der Waals surface area contributed by atoms with Crippen LogP contribution in [0.5, 0.6) is 0 Å². The molecule has 0 saturated heterocycles. The molecule has 2 atom stereocenters. The number of nitrogens with zero attached hydrogens (tertiary/aromatic N) is 2. The normalized spacial score (nSPS) is 13.9. The highest BCUT2D eigenvalue weighted by Gasteiger charge is 2.21. The quantitative estimate of drug-likeness (QED) is 0.606. The van der Waals surface area contributed by atoms with Gasteiger partial charge in [-0.1, -0.05) is 6.07 Å². The number of nitrogens with one attached hydrogen (secondary N) is 1. The predicted octanol–water partition coefficient (Wildman–Crippen LogP) is 0.419. The smallest absolute Gasteiger partial charge is 0.320 e. The summed E-state index contributed by atoms with van der Waals surface area (Å²) in [5.74, 6) is -1.85. The van der Waals surface area contributed by atoms with Crippen molar-refractivity contribution in [3.63, 3.8) is 0 Å². The number of aliphatic carboxylic acids is 2. The standard InChI is InChI=1S/C14H21N3O4/c1-10(13(18)19)15-7-8-17(11(2)14(20)21)9-12-5-3-4-6-16-12/h3-6,10-11,15H,7-9H2,1-2H3,(H,18,19)(H,20,21)/t10-,11-/m0/s1. The van der Waals surface area contributed by atoms with E-state index in [-0.39, 0.29) is 0 Å². The molecule has 0 aromatic carbocycles. The number of aromatic nitrogens is 1. The molecule has 3 N–H and O–H groups in total. The predicted molar refractivity (Wildman–Crippen MR) is 76.8 cm³/mol. The van der Waals surface area contributed by atoms with E-state index >= 15 is 0 Å². The van der Waals surface area contributed by atoms with Gasteiger partial charge in [0.2, 0.25) is 0 Å². The molecule has 0 aliphatic rings. The first-order valence-electron chi connectivity index (χ1n) is 6.74. The second-order valence-electron chi connectivity index (χ2n) is 4.82. The summed E-state index contributed by atoms with van der Waals surface area (Å²) in [6, 6.07) is 4.13. The summed E-state index contributed by atoms with van der Waals surface area (Å²) in [7, 11) is 0. The number of carboxylic acids is 2. The Labute approximate surface area is 123 Å². The Morgan fingerprint density at radius 2 is 2.00 bits per heavy atom. The minimum atomic E-state index is -0.933. The monoisotopic (exact) mass is 295 g/mol. The number of hydrogen-bond acceptors (Lipinski definition) is 5. The molecule has 1 aromatic heterocycles. The van der Waals surface area contributed by atoms with Gasteiger partial charge >= 0.3 is 11.9 Å². The van der Waals surface area contributed by atoms with E-state index in [1.54, 1.807) is 31.0 Å². The highest BCUT2D eigenvalue weighted by Crippen LogP contribution is 2.06. The molecule has 0 aliphatic heterocycles. The fourth-order valence-corrected chi connectivity index (χ4v) is 1.78. The summed E-state index contributed by atoms with van der Waals surface area (Å²) in [6.07, 6.45) is 1.66. The molecule has 0 unspecified atom stereocenters. The fraction of sp³-hybridized carbons (Fsp3) is 0.500. The molecule has 1 heterocycles. The van der Waals surface area contributed by atoms with Crippen molar-refractivity contribution >= 4 is 11.9 Å². The van der Waals surface area contributed by atoms with Crippen LogP contribution in [0.3, 0.4) is 0 Å². The van der Waals surface area contributed by atoms with Crippen molar-refractivity contribution in [3.8, 4) is 0 Å². The Bertz CT molecular complexity index is 467. The van der Waals surface area contributed by atoms with Gasteiger partial charge in [0, 0.05) is 25.8 Å². The van der Waals surface area contributed by atoms with Crippen LogP contribution in [0.4, 0.5) is 0 Å². The molecule has 0 aliphatic carbocycles. The summed E-state index contributed by atoms with van der Waals surface area (Å²) < 4.78 is 0. The fourth-order valence-electron chi connectivity index (χ4n) is 1.78. The number of pyridine rings is 1. The summed E-state index contributed by atoms with van der Waals surface area (Å²) in [6.45, 7) is 4.36. The van der Waals surface area contributed by atoms with E-state index in [2.05, 4.69) is 10.3 Å². The van der Waals surface area contributed by atoms with Crippen LogP contribution in [-0.2, 0) is 16.1 Å². The zero-order valence-electron chi connectivity index (χ0n) is 12.2. The summed E-state index contributed by atoms with van der Waals surface area (Å²) >= 11 is 0. The third-order valence-corrected chi connectivity index (χ3v) is 3.22. The third-order valence-electron chi connectivity index (χ3n) is 3.22. The zero-order chi connectivity index (χ0) is 15.8. The minimum absolute atomic E-state index is 0.387. The molecule has 0 amide bonds. The van der Waals surface area contributed by atoms with E-state index in [9.17, 15) is 9.59 Å². The maximum absolute atomic E-state index is 11.2. The van der Waals surface area contributed by atoms with Crippen LogP contribution in [-0.4, -0.2) is 57.2 Å². The Morgan fingerprint density at radius 3 is 2.52 bits per heavy atom. The van der Waals surface area contributed by atoms with Crippen LogP contribution in [0.25, 0.3) is 0 Å². The van der Waals surface area contributed by atoms with E-state index in [0.717, 1.165) is 5.69 Å². The number of hydrogen-bond donors (Lipinski definition) is 3. The highest BCUT2D eigenvalue weighted by molar-refractivity contribution is 5.73. The van der Waals surface area contributed by atoms with E-state index in [1.165, 1.54) is 0 Å². The van der Waals surface area contributed by atoms with Gasteiger partial charge in [0.25, 0.3) is 0 Å². The average molecular weight is 295 g/mol. The molecule has 0 fully saturated rings. The lowest BCUT2D eigenvalue weighted by Crippen LogP contribution is -2.44. The first kappa shape index (κ1) is 17.1. The topological polar surface area (TPSA) is 103 Å². The van der Waals surface area contributed by atoms with Crippen molar-refractivity contribution < 1.29 is 19.8 Å². The number of carboxylic acid groups (broad SMARTS) is 2. The summed E-state index contributed by atoms with van der Waals surface area (Å²) in [4.78, 5) is 27.8. The van der Waals surface area contributed by atoms with E-state index < -0.39 is 24.0 Å². The summed E-state index contributed by atoms with van der Waals surface area (Å²) in [5, 5.41) is 20.8. The lowest BCUT2D eigenvalue weighted by molar-refractivity contribution is -0.143. The average Bonchev–Trinajstić information content (AvgIpc) is 2.46. The van der Waals surface area contributed by atoms with Crippen LogP contribution in [0, 0.1) is 0 Å². The lowest BCUT2D eigenvalue weighted by Gasteiger charge is -2.26. The van der Waals surface area contributed by atoms with Gasteiger partial charge in [-0.2, -0.15) is 0 Å². The van der Waals surface area contributed by atoms with Gasteiger partial charge in [-0.15, -0.1) is 0 Å². The Morgan fingerprint density at radius 1 is 1.29 bits per heavy atom. The first-order valence-corrected chi connectivity index (χ1v) is 6.74. The Hall–Kier alpha value is -1.99. The molecule has 7 nitrogen and oxygen atoms in total. The maximum Gasteiger partial charge on any atom is 0.320 e. The molecule has 1 rings (SSSR count). The Balaban J connectivity index is 2.61. The van der Waals surface area contributed by atoms with Crippen molar-refractivity contribution in [2.24, 2.45) is 0 Å². The Kier molecular flexibility index (Phi) is 6.77. The molecule has 0 saturated carbocycles. The van der Waals surface area contributed by atoms with Crippen LogP contribution >= 0.6 is 0 Å². The van der Waals surface area contributed by atoms with Gasteiger partial charge in [-0.05, 0) is 26.0 Å². The zero-order valence-corrected chi connectivity index (χ0v) is 12.2. The van der Waals surface area contributed by atoms with Crippen molar-refractivity contribution in [3.05, 3.63) is 30.1 Å². The lowest BCUT2D eigenvalue weighted by atomic mass is 10.2. The summed E-state index contributed by atoms with van der Waals surface area (Å²) in [5.41, 5.74) is 0.775. The van der Waals surface area contributed by atoms with Crippen molar-refractivity contribution in [1.29, 1.82) is 0 Å². The molecule has 116 valence electrons. The molecular formula is C14H21N3O4. The second-order valence-corrected chi connectivity index (χ2v) is 4.82. The van der Waals surface area contributed by atoms with Gasteiger partial charge in [-0.3, -0.25) is 19.5 Å². The van der Waals surface area contributed by atoms with Crippen molar-refractivity contribution in [1.82, 2.24) is 15.2 Å². The first-order chi connectivity index (χ1) is 9.91. The van der Waals surface area contributed by atoms with Crippen LogP contribution in [0.2, 0.25) is 0 Å². The molecular weight excluding hydrogens is 274 g/mol. The molecule has 7 heteroatoms. The van der Waals surface area contributed by atoms with Gasteiger partial charge < -0.3 is 15.5 Å². The van der Waals surface area contributed by atoms with E-state index in [1.807, 2.05) is 12.1 Å². The van der Waals surface area contributed by atoms with Crippen LogP contribution in [0.15, 0.2) is 24.4 Å². The highest BCUT2D eigenvalue weighted by atomic mass is 16.4. The van der Waals surface area contributed by atoms with E-state index in [4.69, 9.17) is 10.2 Å². The van der Waals surface area contributed by atoms with Gasteiger partial charge in [0.05, 0.1) is 5.69 Å². The molecule has 0 bridgehead atoms. The van der Waals surface area contributed by atoms with Gasteiger partial charge in [0.15, 0.2) is 0 Å². The van der Waals surface area contributed by atoms with Crippen molar-refractivity contribution in [2.45, 2.75) is 32.5 Å². The molecule has 0 spiro atoms. The van der Waals surface area contributed by atoms with Gasteiger partial charge in [0.1, 0.15) is 12.1 Å². The van der Waals surface area contributed by atoms with Gasteiger partial charge in [-0.25, -0.2) is 0 Å².